The molecule has 0 aromatic carbocycles. The quantitative estimate of drug-likeness (QED) is 0.556. The lowest BCUT2D eigenvalue weighted by Gasteiger charge is -2.22. The number of pyridine rings is 1. The van der Waals surface area contributed by atoms with Crippen LogP contribution < -0.4 is 10.6 Å². The average Bonchev–Trinajstić information content (AvgIpc) is 3.07. The summed E-state index contributed by atoms with van der Waals surface area (Å²) in [6, 6.07) is 2.65. The van der Waals surface area contributed by atoms with Crippen molar-refractivity contribution < 1.29 is 13.6 Å². The molecule has 0 fully saturated rings. The average molecular weight is 409 g/mol. The van der Waals surface area contributed by atoms with Gasteiger partial charge in [0, 0.05) is 29.5 Å². The largest absolute Gasteiger partial charge is 0.358 e. The fraction of sp³-hybridized carbons (Fsp3) is 0.333. The van der Waals surface area contributed by atoms with E-state index in [9.17, 15) is 13.6 Å². The van der Waals surface area contributed by atoms with Crippen LogP contribution in [0.5, 0.6) is 0 Å². The van der Waals surface area contributed by atoms with Crippen molar-refractivity contribution in [3.63, 3.8) is 0 Å². The van der Waals surface area contributed by atoms with E-state index in [0.29, 0.717) is 27.9 Å². The molecule has 0 saturated carbocycles. The zero-order valence-electron chi connectivity index (χ0n) is 15.2. The predicted octanol–water partition coefficient (Wildman–Crippen LogP) is 3.49. The second-order valence-corrected chi connectivity index (χ2v) is 6.96. The Labute approximate surface area is 164 Å². The summed E-state index contributed by atoms with van der Waals surface area (Å²) in [4.78, 5) is 28.2. The number of carbonyl (C=O) groups excluding carboxylic acids is 1. The summed E-state index contributed by atoms with van der Waals surface area (Å²) in [7, 11) is 0. The monoisotopic (exact) mass is 408 g/mol. The number of fused-ring (bicyclic) bond motifs is 1. The number of carbonyl (C=O) groups is 1. The molecule has 3 aromatic rings. The molecule has 0 saturated heterocycles. The van der Waals surface area contributed by atoms with E-state index in [4.69, 9.17) is 11.6 Å². The summed E-state index contributed by atoms with van der Waals surface area (Å²) in [5, 5.41) is 6.49. The van der Waals surface area contributed by atoms with Crippen LogP contribution in [0.3, 0.4) is 0 Å². The van der Waals surface area contributed by atoms with E-state index >= 15 is 0 Å². The van der Waals surface area contributed by atoms with Crippen LogP contribution in [-0.4, -0.2) is 44.9 Å². The van der Waals surface area contributed by atoms with Gasteiger partial charge in [0.25, 0.3) is 6.43 Å². The summed E-state index contributed by atoms with van der Waals surface area (Å²) in [6.07, 6.45) is 2.21. The van der Waals surface area contributed by atoms with Crippen LogP contribution in [0.15, 0.2) is 30.7 Å². The summed E-state index contributed by atoms with van der Waals surface area (Å²) in [5.74, 6) is 0.154. The molecule has 0 aliphatic heterocycles. The van der Waals surface area contributed by atoms with Crippen molar-refractivity contribution in [2.24, 2.45) is 5.92 Å². The molecule has 0 unspecified atom stereocenters. The number of alkyl halides is 2. The van der Waals surface area contributed by atoms with E-state index in [1.807, 2.05) is 13.8 Å². The minimum absolute atomic E-state index is 0.146. The molecule has 1 atom stereocenters. The maximum Gasteiger partial charge on any atom is 0.255 e. The lowest BCUT2D eigenvalue weighted by molar-refractivity contribution is -0.123. The molecule has 3 aromatic heterocycles. The molecule has 1 amide bonds. The molecular formula is C18H19ClF2N6O. The number of rotatable bonds is 7. The molecular weight excluding hydrogens is 390 g/mol. The Balaban J connectivity index is 1.85. The number of amides is 1. The van der Waals surface area contributed by atoms with E-state index in [-0.39, 0.29) is 5.92 Å². The van der Waals surface area contributed by atoms with Crippen LogP contribution in [0.4, 0.5) is 14.6 Å². The highest BCUT2D eigenvalue weighted by Gasteiger charge is 2.23. The fourth-order valence-corrected chi connectivity index (χ4v) is 2.87. The first-order valence-electron chi connectivity index (χ1n) is 8.63. The second kappa shape index (κ2) is 8.47. The van der Waals surface area contributed by atoms with E-state index in [2.05, 4.69) is 30.6 Å². The van der Waals surface area contributed by atoms with Crippen molar-refractivity contribution >= 4 is 34.4 Å². The van der Waals surface area contributed by atoms with Crippen LogP contribution in [0, 0.1) is 5.92 Å². The molecule has 3 rings (SSSR count). The van der Waals surface area contributed by atoms with Gasteiger partial charge >= 0.3 is 0 Å². The molecule has 3 N–H and O–H groups in total. The highest BCUT2D eigenvalue weighted by molar-refractivity contribution is 6.31. The third-order valence-electron chi connectivity index (χ3n) is 4.08. The van der Waals surface area contributed by atoms with Gasteiger partial charge in [-0.3, -0.25) is 4.79 Å². The van der Waals surface area contributed by atoms with Crippen LogP contribution in [0.2, 0.25) is 5.02 Å². The molecule has 7 nitrogen and oxygen atoms in total. The Morgan fingerprint density at radius 1 is 1.32 bits per heavy atom. The number of halogens is 3. The first kappa shape index (κ1) is 19.9. The van der Waals surface area contributed by atoms with Gasteiger partial charge in [-0.2, -0.15) is 0 Å². The first-order chi connectivity index (χ1) is 13.3. The van der Waals surface area contributed by atoms with Crippen molar-refractivity contribution in [3.8, 4) is 11.4 Å². The maximum atomic E-state index is 12.4. The molecule has 28 heavy (non-hydrogen) atoms. The summed E-state index contributed by atoms with van der Waals surface area (Å²) < 4.78 is 24.8. The van der Waals surface area contributed by atoms with Gasteiger partial charge in [-0.15, -0.1) is 0 Å². The number of aromatic amines is 1. The topological polar surface area (TPSA) is 95.6 Å². The number of anilines is 1. The van der Waals surface area contributed by atoms with Gasteiger partial charge in [-0.1, -0.05) is 25.4 Å². The zero-order valence-corrected chi connectivity index (χ0v) is 16.0. The normalized spacial score (nSPS) is 12.5. The smallest absolute Gasteiger partial charge is 0.255 e. The minimum Gasteiger partial charge on any atom is -0.358 e. The van der Waals surface area contributed by atoms with Crippen molar-refractivity contribution in [1.29, 1.82) is 0 Å². The third kappa shape index (κ3) is 4.53. The number of aromatic nitrogens is 4. The zero-order chi connectivity index (χ0) is 20.3. The van der Waals surface area contributed by atoms with Crippen LogP contribution in [-0.2, 0) is 4.79 Å². The van der Waals surface area contributed by atoms with Gasteiger partial charge in [0.05, 0.1) is 11.6 Å². The molecule has 10 heteroatoms. The van der Waals surface area contributed by atoms with Crippen LogP contribution in [0.25, 0.3) is 22.4 Å². The maximum absolute atomic E-state index is 12.4. The Morgan fingerprint density at radius 2 is 2.11 bits per heavy atom. The molecule has 3 heterocycles. The molecule has 0 bridgehead atoms. The number of nitrogens with zero attached hydrogens (tertiary/aromatic N) is 3. The standard InChI is InChI=1S/C18H19ClF2N6O/c1-9(2)15(18(28)25-8-13(20)21)26-14-3-4-22-17(27-14)12-7-24-16-11(12)5-10(19)6-23-16/h3-7,9,13,15H,8H2,1-2H3,(H,23,24)(H,25,28)(H,22,26,27)/t15-/m1/s1. The summed E-state index contributed by atoms with van der Waals surface area (Å²) in [5.41, 5.74) is 1.35. The van der Waals surface area contributed by atoms with E-state index in [1.165, 1.54) is 6.20 Å². The second-order valence-electron chi connectivity index (χ2n) is 6.52. The number of hydrogen-bond donors (Lipinski definition) is 3. The number of nitrogens with one attached hydrogen (secondary N) is 3. The Kier molecular flexibility index (Phi) is 6.03. The predicted molar refractivity (Wildman–Crippen MR) is 103 cm³/mol. The molecule has 0 spiro atoms. The summed E-state index contributed by atoms with van der Waals surface area (Å²) >= 11 is 6.03. The van der Waals surface area contributed by atoms with Gasteiger partial charge in [0.1, 0.15) is 17.5 Å². The van der Waals surface area contributed by atoms with E-state index in [0.717, 1.165) is 5.39 Å². The van der Waals surface area contributed by atoms with Crippen molar-refractivity contribution in [3.05, 3.63) is 35.7 Å². The first-order valence-corrected chi connectivity index (χ1v) is 9.01. The van der Waals surface area contributed by atoms with Gasteiger partial charge in [0.15, 0.2) is 5.82 Å². The van der Waals surface area contributed by atoms with Gasteiger partial charge < -0.3 is 15.6 Å². The Hall–Kier alpha value is -2.81. The van der Waals surface area contributed by atoms with Crippen molar-refractivity contribution in [1.82, 2.24) is 25.3 Å². The Morgan fingerprint density at radius 3 is 2.82 bits per heavy atom. The summed E-state index contributed by atoms with van der Waals surface area (Å²) in [6.45, 7) is 2.94. The van der Waals surface area contributed by atoms with E-state index in [1.54, 1.807) is 24.5 Å². The highest BCUT2D eigenvalue weighted by Crippen LogP contribution is 2.27. The van der Waals surface area contributed by atoms with Crippen molar-refractivity contribution in [2.75, 3.05) is 11.9 Å². The lowest BCUT2D eigenvalue weighted by Crippen LogP contribution is -2.44. The number of hydrogen-bond acceptors (Lipinski definition) is 5. The van der Waals surface area contributed by atoms with Gasteiger partial charge in [-0.25, -0.2) is 23.7 Å². The highest BCUT2D eigenvalue weighted by atomic mass is 35.5. The van der Waals surface area contributed by atoms with Crippen molar-refractivity contribution in [2.45, 2.75) is 26.3 Å². The van der Waals surface area contributed by atoms with Gasteiger partial charge in [0.2, 0.25) is 5.91 Å². The van der Waals surface area contributed by atoms with Gasteiger partial charge in [-0.05, 0) is 18.1 Å². The molecule has 0 aliphatic rings. The van der Waals surface area contributed by atoms with Crippen LogP contribution >= 0.6 is 11.6 Å². The third-order valence-corrected chi connectivity index (χ3v) is 4.28. The fourth-order valence-electron chi connectivity index (χ4n) is 2.71. The molecule has 0 aliphatic carbocycles. The minimum atomic E-state index is -2.61. The van der Waals surface area contributed by atoms with Crippen LogP contribution in [0.1, 0.15) is 13.8 Å². The molecule has 148 valence electrons. The number of H-pyrrole nitrogens is 1. The SMILES string of the molecule is CC(C)[C@@H](Nc1ccnc(-c2c[nH]c3ncc(Cl)cc23)n1)C(=O)NCC(F)F. The lowest BCUT2D eigenvalue weighted by atomic mass is 10.0. The molecule has 0 radical (unpaired) electrons. The Bertz CT molecular complexity index is 978. The van der Waals surface area contributed by atoms with E-state index < -0.39 is 24.9 Å².